The maximum atomic E-state index is 13.8. The molecule has 3 atom stereocenters. The van der Waals surface area contributed by atoms with Gasteiger partial charge in [-0.25, -0.2) is 4.79 Å². The van der Waals surface area contributed by atoms with Crippen LogP contribution in [-0.4, -0.2) is 54.2 Å². The molecule has 1 aliphatic rings. The van der Waals surface area contributed by atoms with Crippen LogP contribution in [-0.2, 0) is 34.5 Å². The molecule has 2 aromatic carbocycles. The molecule has 0 saturated heterocycles. The summed E-state index contributed by atoms with van der Waals surface area (Å²) in [6, 6.07) is 13.5. The quantitative estimate of drug-likeness (QED) is 0.142. The van der Waals surface area contributed by atoms with E-state index in [2.05, 4.69) is 16.0 Å². The summed E-state index contributed by atoms with van der Waals surface area (Å²) in [5.41, 5.74) is 1.27. The molecular formula is C32H45ClN3O8P. The minimum atomic E-state index is -4.10. The highest BCUT2D eigenvalue weighted by Crippen LogP contribution is 2.53. The monoisotopic (exact) mass is 665 g/mol. The van der Waals surface area contributed by atoms with E-state index in [1.165, 1.54) is 0 Å². The molecule has 2 aromatic rings. The molecule has 4 N–H and O–H groups in total. The summed E-state index contributed by atoms with van der Waals surface area (Å²) in [5, 5.41) is 20.0. The fourth-order valence-corrected chi connectivity index (χ4v) is 7.31. The smallest absolute Gasteiger partial charge is 0.408 e. The molecule has 0 radical (unpaired) electrons. The third-order valence-corrected chi connectivity index (χ3v) is 10.0. The molecule has 0 spiro atoms. The first kappa shape index (κ1) is 36.5. The Bertz CT molecular complexity index is 1270. The van der Waals surface area contributed by atoms with Gasteiger partial charge in [-0.1, -0.05) is 74.0 Å². The highest BCUT2D eigenvalue weighted by atomic mass is 35.5. The summed E-state index contributed by atoms with van der Waals surface area (Å²) in [5.74, 6) is -2.54. The van der Waals surface area contributed by atoms with Crippen LogP contribution in [0.3, 0.4) is 0 Å². The van der Waals surface area contributed by atoms with Gasteiger partial charge in [0.2, 0.25) is 11.8 Å². The van der Waals surface area contributed by atoms with E-state index in [1.807, 2.05) is 6.07 Å². The van der Waals surface area contributed by atoms with E-state index in [4.69, 9.17) is 25.4 Å². The summed E-state index contributed by atoms with van der Waals surface area (Å²) in [6.07, 6.45) is 4.37. The number of alkyl carbamates (subject to hydrolysis) is 1. The number of carbonyl (C=O) groups excluding carboxylic acids is 3. The number of aliphatic hydroxyl groups excluding tert-OH is 1. The SMILES string of the molecule is CCOP(=O)(OCC)C(O)C(CCC(=O)Nc1ccccc1)NC(=O)C(CC1CCCCC1)NC(=O)OCc1cccc(Cl)c1. The van der Waals surface area contributed by atoms with Gasteiger partial charge in [0.05, 0.1) is 19.3 Å². The number of hydrogen-bond acceptors (Lipinski definition) is 8. The van der Waals surface area contributed by atoms with E-state index >= 15 is 0 Å². The Kier molecular flexibility index (Phi) is 15.3. The first-order valence-corrected chi connectivity index (χ1v) is 17.5. The zero-order valence-corrected chi connectivity index (χ0v) is 27.6. The molecule has 0 aromatic heterocycles. The van der Waals surface area contributed by atoms with Crippen LogP contribution in [0.5, 0.6) is 0 Å². The molecule has 3 amide bonds. The van der Waals surface area contributed by atoms with Crippen molar-refractivity contribution < 1.29 is 37.8 Å². The maximum Gasteiger partial charge on any atom is 0.408 e. The van der Waals surface area contributed by atoms with Crippen LogP contribution in [0, 0.1) is 5.92 Å². The number of hydrogen-bond donors (Lipinski definition) is 4. The van der Waals surface area contributed by atoms with Crippen LogP contribution in [0.15, 0.2) is 54.6 Å². The fraction of sp³-hybridized carbons (Fsp3) is 0.531. The van der Waals surface area contributed by atoms with Crippen molar-refractivity contribution in [3.8, 4) is 0 Å². The van der Waals surface area contributed by atoms with Crippen LogP contribution in [0.1, 0.15) is 70.8 Å². The fourth-order valence-electron chi connectivity index (χ4n) is 5.33. The van der Waals surface area contributed by atoms with Crippen molar-refractivity contribution in [2.24, 2.45) is 5.92 Å². The van der Waals surface area contributed by atoms with Crippen LogP contribution in [0.4, 0.5) is 10.5 Å². The number of benzene rings is 2. The Balaban J connectivity index is 1.76. The maximum absolute atomic E-state index is 13.8. The lowest BCUT2D eigenvalue weighted by atomic mass is 9.84. The van der Waals surface area contributed by atoms with Crippen LogP contribution >= 0.6 is 19.2 Å². The van der Waals surface area contributed by atoms with Crippen molar-refractivity contribution in [3.05, 3.63) is 65.2 Å². The third-order valence-electron chi connectivity index (χ3n) is 7.53. The Labute approximate surface area is 270 Å². The number of nitrogens with one attached hydrogen (secondary N) is 3. The van der Waals surface area contributed by atoms with Crippen LogP contribution < -0.4 is 16.0 Å². The largest absolute Gasteiger partial charge is 0.445 e. The third kappa shape index (κ3) is 12.4. The Hall–Kier alpha value is -2.95. The highest BCUT2D eigenvalue weighted by molar-refractivity contribution is 7.54. The van der Waals surface area contributed by atoms with E-state index in [9.17, 15) is 24.1 Å². The van der Waals surface area contributed by atoms with E-state index in [0.29, 0.717) is 22.7 Å². The summed E-state index contributed by atoms with van der Waals surface area (Å²) in [7, 11) is -4.10. The summed E-state index contributed by atoms with van der Waals surface area (Å²) < 4.78 is 29.6. The van der Waals surface area contributed by atoms with Crippen molar-refractivity contribution in [1.29, 1.82) is 0 Å². The lowest BCUT2D eigenvalue weighted by molar-refractivity contribution is -0.125. The number of ether oxygens (including phenoxy) is 1. The lowest BCUT2D eigenvalue weighted by Gasteiger charge is -2.31. The van der Waals surface area contributed by atoms with Crippen LogP contribution in [0.25, 0.3) is 0 Å². The van der Waals surface area contributed by atoms with Gasteiger partial charge in [0.1, 0.15) is 12.6 Å². The predicted octanol–water partition coefficient (Wildman–Crippen LogP) is 6.39. The van der Waals surface area contributed by atoms with Gasteiger partial charge < -0.3 is 34.8 Å². The van der Waals surface area contributed by atoms with E-state index < -0.39 is 37.5 Å². The van der Waals surface area contributed by atoms with Gasteiger partial charge in [0, 0.05) is 17.1 Å². The van der Waals surface area contributed by atoms with E-state index in [1.54, 1.807) is 62.4 Å². The first-order chi connectivity index (χ1) is 21.6. The lowest BCUT2D eigenvalue weighted by Crippen LogP contribution is -2.53. The van der Waals surface area contributed by atoms with Crippen molar-refractivity contribution in [3.63, 3.8) is 0 Å². The van der Waals surface area contributed by atoms with Crippen molar-refractivity contribution >= 4 is 42.8 Å². The normalized spacial score (nSPS) is 15.8. The molecule has 1 fully saturated rings. The van der Waals surface area contributed by atoms with Crippen molar-refractivity contribution in [2.45, 2.75) is 89.7 Å². The molecular weight excluding hydrogens is 621 g/mol. The topological polar surface area (TPSA) is 152 Å². The number of aliphatic hydroxyl groups is 1. The zero-order chi connectivity index (χ0) is 32.7. The van der Waals surface area contributed by atoms with Gasteiger partial charge in [0.15, 0.2) is 5.85 Å². The molecule has 0 bridgehead atoms. The van der Waals surface area contributed by atoms with Crippen molar-refractivity contribution in [2.75, 3.05) is 18.5 Å². The molecule has 11 nitrogen and oxygen atoms in total. The number of anilines is 1. The second-order valence-corrected chi connectivity index (χ2v) is 13.6. The van der Waals surface area contributed by atoms with Crippen molar-refractivity contribution in [1.82, 2.24) is 10.6 Å². The van der Waals surface area contributed by atoms with Gasteiger partial charge in [0.25, 0.3) is 0 Å². The number of amides is 3. The average Bonchev–Trinajstić information content (AvgIpc) is 3.02. The molecule has 0 aliphatic heterocycles. The second-order valence-electron chi connectivity index (χ2n) is 11.0. The number of rotatable bonds is 17. The average molecular weight is 666 g/mol. The summed E-state index contributed by atoms with van der Waals surface area (Å²) in [6.45, 7) is 3.16. The highest BCUT2D eigenvalue weighted by Gasteiger charge is 2.41. The molecule has 3 unspecified atom stereocenters. The number of para-hydroxylation sites is 1. The molecule has 0 heterocycles. The summed E-state index contributed by atoms with van der Waals surface area (Å²) >= 11 is 6.03. The number of carbonyl (C=O) groups is 3. The van der Waals surface area contributed by atoms with Crippen LogP contribution in [0.2, 0.25) is 5.02 Å². The van der Waals surface area contributed by atoms with E-state index in [-0.39, 0.29) is 44.5 Å². The molecule has 1 aliphatic carbocycles. The standard InChI is InChI=1S/C32H45ClN3O8P/c1-3-43-45(41,44-4-2)31(39)27(18-19-29(37)34-26-16-9-6-10-17-26)35-30(38)28(21-23-12-7-5-8-13-23)36-32(40)42-22-24-14-11-15-25(33)20-24/h6,9-11,14-17,20,23,27-28,31,39H,3-5,7-8,12-13,18-19,21-22H2,1-2H3,(H,34,37)(H,35,38)(H,36,40). The van der Waals surface area contributed by atoms with Gasteiger partial charge in [-0.15, -0.1) is 0 Å². The number of halogens is 1. The zero-order valence-electron chi connectivity index (χ0n) is 25.9. The Morgan fingerprint density at radius 3 is 2.31 bits per heavy atom. The van der Waals surface area contributed by atoms with E-state index in [0.717, 1.165) is 32.1 Å². The predicted molar refractivity (Wildman–Crippen MR) is 173 cm³/mol. The summed E-state index contributed by atoms with van der Waals surface area (Å²) in [4.78, 5) is 39.4. The first-order valence-electron chi connectivity index (χ1n) is 15.5. The van der Waals surface area contributed by atoms with Gasteiger partial charge in [-0.2, -0.15) is 0 Å². The molecule has 45 heavy (non-hydrogen) atoms. The minimum Gasteiger partial charge on any atom is -0.445 e. The second kappa shape index (κ2) is 18.9. The van der Waals surface area contributed by atoms with Gasteiger partial charge >= 0.3 is 13.7 Å². The molecule has 13 heteroatoms. The Morgan fingerprint density at radius 2 is 1.67 bits per heavy atom. The molecule has 3 rings (SSSR count). The Morgan fingerprint density at radius 1 is 0.978 bits per heavy atom. The molecule has 1 saturated carbocycles. The minimum absolute atomic E-state index is 0.00613. The van der Waals surface area contributed by atoms with Gasteiger partial charge in [-0.3, -0.25) is 14.2 Å². The van der Waals surface area contributed by atoms with Gasteiger partial charge in [-0.05, 0) is 62.4 Å². The molecule has 248 valence electrons.